The Morgan fingerprint density at radius 1 is 0.271 bits per heavy atom. The number of benzene rings is 4. The minimum Gasteiger partial charge on any atom is -0.0654 e. The molecule has 0 aliphatic carbocycles. The summed E-state index contributed by atoms with van der Waals surface area (Å²) >= 11 is 0. The van der Waals surface area contributed by atoms with Crippen LogP contribution in [0.5, 0.6) is 0 Å². The second-order valence-corrected chi connectivity index (χ2v) is 22.3. The monoisotopic (exact) mass is 833 g/mol. The molecule has 0 unspecified atom stereocenters. The number of unbranched alkanes of at least 4 members (excludes halogenated alkanes) is 8. The van der Waals surface area contributed by atoms with Gasteiger partial charge in [0.2, 0.25) is 0 Å². The van der Waals surface area contributed by atoms with E-state index in [2.05, 4.69) is 128 Å². The molecule has 0 aliphatic heterocycles. The SMILES string of the molecule is CCCCc1cccc(P(CP(c2cccc(CCCC)c2CCCC)c2cccc(CCCC)c2CCCC)c2cccc(CCCC)c2CCCC)c1CCCC. The fourth-order valence-corrected chi connectivity index (χ4v) is 16.7. The Bertz CT molecular complexity index is 1510. The second kappa shape index (κ2) is 28.4. The zero-order chi connectivity index (χ0) is 42.2. The predicted molar refractivity (Wildman–Crippen MR) is 272 cm³/mol. The lowest BCUT2D eigenvalue weighted by atomic mass is 9.97. The smallest absolute Gasteiger partial charge is 0.00409 e. The van der Waals surface area contributed by atoms with Crippen molar-refractivity contribution < 1.29 is 0 Å². The Morgan fingerprint density at radius 3 is 0.678 bits per heavy atom. The molecule has 0 saturated heterocycles. The Labute approximate surface area is 368 Å². The van der Waals surface area contributed by atoms with Crippen molar-refractivity contribution in [2.24, 2.45) is 0 Å². The van der Waals surface area contributed by atoms with Crippen molar-refractivity contribution in [1.82, 2.24) is 0 Å². The molecule has 0 amide bonds. The molecule has 59 heavy (non-hydrogen) atoms. The zero-order valence-electron chi connectivity index (χ0n) is 39.5. The number of rotatable bonds is 30. The summed E-state index contributed by atoms with van der Waals surface area (Å²) in [6, 6.07) is 30.4. The quantitative estimate of drug-likeness (QED) is 0.0459. The van der Waals surface area contributed by atoms with E-state index >= 15 is 0 Å². The maximum Gasteiger partial charge on any atom is 0.00409 e. The van der Waals surface area contributed by atoms with E-state index < -0.39 is 15.8 Å². The lowest BCUT2D eigenvalue weighted by Crippen LogP contribution is -2.28. The third-order valence-electron chi connectivity index (χ3n) is 12.8. The van der Waals surface area contributed by atoms with Crippen LogP contribution in [-0.4, -0.2) is 5.90 Å². The third kappa shape index (κ3) is 14.4. The highest BCUT2D eigenvalue weighted by molar-refractivity contribution is 7.88. The first kappa shape index (κ1) is 49.4. The highest BCUT2D eigenvalue weighted by Gasteiger charge is 2.30. The van der Waals surface area contributed by atoms with Crippen molar-refractivity contribution in [3.05, 3.63) is 117 Å². The molecule has 0 fully saturated rings. The van der Waals surface area contributed by atoms with Crippen LogP contribution in [0, 0.1) is 0 Å². The van der Waals surface area contributed by atoms with Crippen LogP contribution in [0.15, 0.2) is 72.8 Å². The van der Waals surface area contributed by atoms with Gasteiger partial charge in [0.05, 0.1) is 0 Å². The lowest BCUT2D eigenvalue weighted by molar-refractivity contribution is 0.760. The highest BCUT2D eigenvalue weighted by Crippen LogP contribution is 2.52. The Kier molecular flexibility index (Phi) is 23.7. The van der Waals surface area contributed by atoms with Crippen LogP contribution in [0.25, 0.3) is 0 Å². The van der Waals surface area contributed by atoms with Gasteiger partial charge >= 0.3 is 0 Å². The van der Waals surface area contributed by atoms with E-state index in [4.69, 9.17) is 0 Å². The van der Waals surface area contributed by atoms with Gasteiger partial charge in [0, 0.05) is 5.90 Å². The first-order chi connectivity index (χ1) is 29.0. The van der Waals surface area contributed by atoms with Crippen LogP contribution in [-0.2, 0) is 51.4 Å². The first-order valence-corrected chi connectivity index (χ1v) is 28.0. The van der Waals surface area contributed by atoms with Gasteiger partial charge in [-0.15, -0.1) is 0 Å². The van der Waals surface area contributed by atoms with Crippen LogP contribution in [0.1, 0.15) is 203 Å². The Balaban J connectivity index is 2.15. The second-order valence-electron chi connectivity index (χ2n) is 17.5. The summed E-state index contributed by atoms with van der Waals surface area (Å²) in [5.74, 6) is 1.25. The van der Waals surface area contributed by atoms with Crippen molar-refractivity contribution in [2.75, 3.05) is 5.90 Å². The molecule has 4 aromatic rings. The van der Waals surface area contributed by atoms with E-state index in [1.807, 2.05) is 0 Å². The van der Waals surface area contributed by atoms with E-state index in [9.17, 15) is 0 Å². The molecule has 4 aromatic carbocycles. The van der Waals surface area contributed by atoms with Crippen molar-refractivity contribution in [2.45, 2.75) is 209 Å². The lowest BCUT2D eigenvalue weighted by Gasteiger charge is -2.33. The van der Waals surface area contributed by atoms with E-state index in [0.717, 1.165) is 0 Å². The topological polar surface area (TPSA) is 0 Å². The van der Waals surface area contributed by atoms with E-state index in [0.29, 0.717) is 0 Å². The summed E-state index contributed by atoms with van der Waals surface area (Å²) in [7, 11) is -1.28. The molecule has 0 saturated carbocycles. The van der Waals surface area contributed by atoms with Crippen LogP contribution in [0.2, 0.25) is 0 Å². The molecule has 4 rings (SSSR count). The van der Waals surface area contributed by atoms with Gasteiger partial charge in [-0.25, -0.2) is 0 Å². The van der Waals surface area contributed by atoms with Crippen molar-refractivity contribution in [3.8, 4) is 0 Å². The molecular weight excluding hydrogens is 747 g/mol. The van der Waals surface area contributed by atoms with Gasteiger partial charge in [0.25, 0.3) is 0 Å². The molecule has 0 aromatic heterocycles. The molecule has 0 aliphatic rings. The van der Waals surface area contributed by atoms with E-state index in [1.165, 1.54) is 160 Å². The summed E-state index contributed by atoms with van der Waals surface area (Å²) in [6.07, 6.45) is 29.9. The standard InChI is InChI=1S/C57H86P2/c1-9-17-29-46-33-25-41-54(50(46)37-21-13-5)58(55-42-26-34-47(30-18-10-2)51(55)38-22-14-6)45-59(56-43-27-35-48(31-19-11-3)52(56)39-23-15-7)57-44-28-36-49(32-20-12-4)53(57)40-24-16-8/h25-28,33-36,41-44H,9-24,29-32,37-40,45H2,1-8H3. The fourth-order valence-electron chi connectivity index (χ4n) is 9.18. The van der Waals surface area contributed by atoms with Crippen LogP contribution < -0.4 is 21.2 Å². The number of hydrogen-bond donors (Lipinski definition) is 0. The van der Waals surface area contributed by atoms with Crippen LogP contribution >= 0.6 is 15.8 Å². The molecule has 0 radical (unpaired) electrons. The first-order valence-electron chi connectivity index (χ1n) is 25.0. The minimum absolute atomic E-state index is 0.638. The third-order valence-corrected chi connectivity index (χ3v) is 19.0. The van der Waals surface area contributed by atoms with E-state index in [-0.39, 0.29) is 0 Å². The molecular formula is C57H86P2. The van der Waals surface area contributed by atoms with Gasteiger partial charge in [0.1, 0.15) is 0 Å². The van der Waals surface area contributed by atoms with Gasteiger partial charge < -0.3 is 0 Å². The molecule has 0 nitrogen and oxygen atoms in total. The van der Waals surface area contributed by atoms with Gasteiger partial charge in [-0.05, 0) is 184 Å². The summed E-state index contributed by atoms with van der Waals surface area (Å²) in [4.78, 5) is 0. The van der Waals surface area contributed by atoms with Crippen molar-refractivity contribution >= 4 is 37.1 Å². The summed E-state index contributed by atoms with van der Waals surface area (Å²) in [5, 5.41) is 6.87. The summed E-state index contributed by atoms with van der Waals surface area (Å²) in [6.45, 7) is 19.0. The maximum absolute atomic E-state index is 2.63. The molecule has 0 atom stereocenters. The average molecular weight is 833 g/mol. The number of aryl methyl sites for hydroxylation is 4. The van der Waals surface area contributed by atoms with Gasteiger partial charge in [0.15, 0.2) is 0 Å². The highest BCUT2D eigenvalue weighted by atomic mass is 31.2. The zero-order valence-corrected chi connectivity index (χ0v) is 41.3. The Morgan fingerprint density at radius 2 is 0.475 bits per heavy atom. The molecule has 2 heteroatoms. The fraction of sp³-hybridized carbons (Fsp3) is 0.579. The average Bonchev–Trinajstić information content (AvgIpc) is 3.26. The van der Waals surface area contributed by atoms with E-state index in [1.54, 1.807) is 65.7 Å². The molecule has 0 bridgehead atoms. The van der Waals surface area contributed by atoms with Crippen molar-refractivity contribution in [1.29, 1.82) is 0 Å². The summed E-state index contributed by atoms with van der Waals surface area (Å²) < 4.78 is 0. The molecule has 0 spiro atoms. The summed E-state index contributed by atoms with van der Waals surface area (Å²) in [5.41, 5.74) is 13.4. The normalized spacial score (nSPS) is 11.7. The minimum atomic E-state index is -0.638. The van der Waals surface area contributed by atoms with Gasteiger partial charge in [-0.3, -0.25) is 0 Å². The molecule has 324 valence electrons. The van der Waals surface area contributed by atoms with Gasteiger partial charge in [-0.2, -0.15) is 0 Å². The van der Waals surface area contributed by atoms with Crippen molar-refractivity contribution in [3.63, 3.8) is 0 Å². The molecule has 0 heterocycles. The van der Waals surface area contributed by atoms with Crippen LogP contribution in [0.4, 0.5) is 0 Å². The maximum atomic E-state index is 2.63. The predicted octanol–water partition coefficient (Wildman–Crippen LogP) is 16.0. The van der Waals surface area contributed by atoms with Crippen LogP contribution in [0.3, 0.4) is 0 Å². The van der Waals surface area contributed by atoms with Gasteiger partial charge in [-0.1, -0.05) is 180 Å². The number of hydrogen-bond acceptors (Lipinski definition) is 0. The largest absolute Gasteiger partial charge is 0.0654 e. The molecule has 0 N–H and O–H groups in total. The Hall–Kier alpha value is -2.26.